The maximum absolute atomic E-state index is 12.1. The van der Waals surface area contributed by atoms with Crippen LogP contribution in [0, 0.1) is 0 Å². The lowest BCUT2D eigenvalue weighted by Crippen LogP contribution is -2.48. The Bertz CT molecular complexity index is 825. The molecule has 0 aliphatic heterocycles. The molecular formula is C20H22Br2N2O4. The average molecular weight is 514 g/mol. The Kier molecular flexibility index (Phi) is 8.32. The number of carbonyl (C=O) groups is 2. The van der Waals surface area contributed by atoms with Crippen LogP contribution in [0.25, 0.3) is 0 Å². The molecule has 6 nitrogen and oxygen atoms in total. The number of ether oxygens (including phenoxy) is 2. The van der Waals surface area contributed by atoms with E-state index in [1.807, 2.05) is 30.3 Å². The van der Waals surface area contributed by atoms with Crippen molar-refractivity contribution in [3.8, 4) is 11.5 Å². The zero-order valence-corrected chi connectivity index (χ0v) is 19.0. The van der Waals surface area contributed by atoms with E-state index < -0.39 is 17.9 Å². The molecule has 1 atom stereocenters. The van der Waals surface area contributed by atoms with Gasteiger partial charge in [0.2, 0.25) is 0 Å². The molecule has 2 aromatic rings. The summed E-state index contributed by atoms with van der Waals surface area (Å²) >= 11 is 6.69. The summed E-state index contributed by atoms with van der Waals surface area (Å²) in [6, 6.07) is 12.9. The lowest BCUT2D eigenvalue weighted by atomic mass is 10.0. The number of hydrazine groups is 1. The van der Waals surface area contributed by atoms with Crippen molar-refractivity contribution in [2.75, 3.05) is 6.61 Å². The minimum Gasteiger partial charge on any atom is -0.483 e. The van der Waals surface area contributed by atoms with Gasteiger partial charge in [0.05, 0.1) is 4.47 Å². The highest BCUT2D eigenvalue weighted by molar-refractivity contribution is 9.11. The van der Waals surface area contributed by atoms with E-state index in [0.717, 1.165) is 4.47 Å². The van der Waals surface area contributed by atoms with Crippen LogP contribution in [0.15, 0.2) is 51.4 Å². The van der Waals surface area contributed by atoms with Gasteiger partial charge in [-0.15, -0.1) is 0 Å². The fraction of sp³-hybridized carbons (Fsp3) is 0.300. The average Bonchev–Trinajstić information content (AvgIpc) is 2.65. The van der Waals surface area contributed by atoms with Gasteiger partial charge in [-0.05, 0) is 64.7 Å². The molecule has 2 amide bonds. The molecule has 0 bridgehead atoms. The third kappa shape index (κ3) is 6.83. The number of carbonyl (C=O) groups excluding carboxylic acids is 2. The second-order valence-corrected chi connectivity index (χ2v) is 8.15. The molecule has 150 valence electrons. The normalized spacial score (nSPS) is 11.6. The predicted octanol–water partition coefficient (Wildman–Crippen LogP) is 4.33. The van der Waals surface area contributed by atoms with E-state index in [-0.39, 0.29) is 6.61 Å². The van der Waals surface area contributed by atoms with Gasteiger partial charge in [-0.3, -0.25) is 20.4 Å². The molecule has 1 unspecified atom stereocenters. The number of rotatable bonds is 7. The molecule has 28 heavy (non-hydrogen) atoms. The first-order valence-electron chi connectivity index (χ1n) is 8.69. The van der Waals surface area contributed by atoms with E-state index in [1.165, 1.54) is 5.56 Å². The van der Waals surface area contributed by atoms with Crippen molar-refractivity contribution < 1.29 is 19.1 Å². The third-order valence-corrected chi connectivity index (χ3v) is 4.92. The molecule has 0 aromatic heterocycles. The van der Waals surface area contributed by atoms with Crippen molar-refractivity contribution in [3.63, 3.8) is 0 Å². The smallest absolute Gasteiger partial charge is 0.279 e. The van der Waals surface area contributed by atoms with Crippen LogP contribution < -0.4 is 20.3 Å². The summed E-state index contributed by atoms with van der Waals surface area (Å²) in [5.41, 5.74) is 5.82. The van der Waals surface area contributed by atoms with Gasteiger partial charge in [-0.25, -0.2) is 0 Å². The highest BCUT2D eigenvalue weighted by Gasteiger charge is 2.16. The molecule has 2 N–H and O–H groups in total. The Morgan fingerprint density at radius 1 is 1.00 bits per heavy atom. The number of hydrogen-bond donors (Lipinski definition) is 2. The number of amides is 2. The van der Waals surface area contributed by atoms with Crippen LogP contribution in [-0.2, 0) is 9.59 Å². The van der Waals surface area contributed by atoms with Gasteiger partial charge in [0.15, 0.2) is 12.7 Å². The molecule has 8 heteroatoms. The minimum absolute atomic E-state index is 0.244. The van der Waals surface area contributed by atoms with Crippen molar-refractivity contribution >= 4 is 43.7 Å². The maximum Gasteiger partial charge on any atom is 0.279 e. The van der Waals surface area contributed by atoms with Crippen LogP contribution in [-0.4, -0.2) is 24.5 Å². The Hall–Kier alpha value is -2.06. The van der Waals surface area contributed by atoms with Crippen molar-refractivity contribution in [1.82, 2.24) is 10.9 Å². The third-order valence-electron chi connectivity index (χ3n) is 3.81. The molecule has 2 aromatic carbocycles. The number of benzene rings is 2. The maximum atomic E-state index is 12.1. The topological polar surface area (TPSA) is 76.7 Å². The Morgan fingerprint density at radius 2 is 1.68 bits per heavy atom. The molecule has 0 saturated heterocycles. The largest absolute Gasteiger partial charge is 0.483 e. The van der Waals surface area contributed by atoms with Gasteiger partial charge >= 0.3 is 0 Å². The minimum atomic E-state index is -0.772. The molecule has 2 rings (SSSR count). The second-order valence-electron chi connectivity index (χ2n) is 6.38. The predicted molar refractivity (Wildman–Crippen MR) is 114 cm³/mol. The van der Waals surface area contributed by atoms with Crippen LogP contribution in [0.1, 0.15) is 32.3 Å². The Balaban J connectivity index is 1.76. The molecule has 0 fully saturated rings. The van der Waals surface area contributed by atoms with Gasteiger partial charge in [-0.1, -0.05) is 41.9 Å². The molecular weight excluding hydrogens is 492 g/mol. The first-order chi connectivity index (χ1) is 13.3. The molecule has 0 aliphatic carbocycles. The molecule has 0 heterocycles. The van der Waals surface area contributed by atoms with E-state index in [2.05, 4.69) is 56.6 Å². The van der Waals surface area contributed by atoms with Gasteiger partial charge in [0.1, 0.15) is 11.5 Å². The van der Waals surface area contributed by atoms with Gasteiger partial charge in [0.25, 0.3) is 11.8 Å². The SMILES string of the molecule is CC(Oc1ccc(C(C)C)cc1)C(=O)NNC(=O)COc1ccc(Br)cc1Br. The van der Waals surface area contributed by atoms with Crippen molar-refractivity contribution in [3.05, 3.63) is 57.0 Å². The highest BCUT2D eigenvalue weighted by Crippen LogP contribution is 2.28. The summed E-state index contributed by atoms with van der Waals surface area (Å²) in [5, 5.41) is 0. The van der Waals surface area contributed by atoms with Crippen LogP contribution in [0.2, 0.25) is 0 Å². The monoisotopic (exact) mass is 512 g/mol. The number of hydrogen-bond acceptors (Lipinski definition) is 4. The lowest BCUT2D eigenvalue weighted by Gasteiger charge is -2.16. The molecule has 0 saturated carbocycles. The first-order valence-corrected chi connectivity index (χ1v) is 10.3. The summed E-state index contributed by atoms with van der Waals surface area (Å²) in [5.74, 6) is 0.570. The molecule has 0 aliphatic rings. The van der Waals surface area contributed by atoms with E-state index >= 15 is 0 Å². The van der Waals surface area contributed by atoms with E-state index in [1.54, 1.807) is 19.1 Å². The zero-order valence-electron chi connectivity index (χ0n) is 15.8. The van der Waals surface area contributed by atoms with Crippen LogP contribution in [0.3, 0.4) is 0 Å². The zero-order chi connectivity index (χ0) is 20.7. The van der Waals surface area contributed by atoms with Crippen LogP contribution in [0.4, 0.5) is 0 Å². The van der Waals surface area contributed by atoms with E-state index in [9.17, 15) is 9.59 Å². The van der Waals surface area contributed by atoms with E-state index in [4.69, 9.17) is 9.47 Å². The summed E-state index contributed by atoms with van der Waals surface area (Å²) < 4.78 is 12.6. The number of halogens is 2. The summed E-state index contributed by atoms with van der Waals surface area (Å²) in [6.07, 6.45) is -0.772. The van der Waals surface area contributed by atoms with Crippen molar-refractivity contribution in [2.24, 2.45) is 0 Å². The quantitative estimate of drug-likeness (QED) is 0.540. The molecule has 0 spiro atoms. The number of nitrogens with one attached hydrogen (secondary N) is 2. The Morgan fingerprint density at radius 3 is 2.29 bits per heavy atom. The second kappa shape index (κ2) is 10.5. The van der Waals surface area contributed by atoms with E-state index in [0.29, 0.717) is 21.9 Å². The van der Waals surface area contributed by atoms with Crippen LogP contribution in [0.5, 0.6) is 11.5 Å². The summed E-state index contributed by atoms with van der Waals surface area (Å²) in [7, 11) is 0. The summed E-state index contributed by atoms with van der Waals surface area (Å²) in [6.45, 7) is 5.57. The highest BCUT2D eigenvalue weighted by atomic mass is 79.9. The summed E-state index contributed by atoms with van der Waals surface area (Å²) in [4.78, 5) is 24.0. The van der Waals surface area contributed by atoms with Crippen molar-refractivity contribution in [2.45, 2.75) is 32.8 Å². The fourth-order valence-corrected chi connectivity index (χ4v) is 3.36. The van der Waals surface area contributed by atoms with Crippen molar-refractivity contribution in [1.29, 1.82) is 0 Å². The van der Waals surface area contributed by atoms with Gasteiger partial charge in [-0.2, -0.15) is 0 Å². The first kappa shape index (κ1) is 22.2. The molecule has 0 radical (unpaired) electrons. The fourth-order valence-electron chi connectivity index (χ4n) is 2.19. The van der Waals surface area contributed by atoms with Gasteiger partial charge in [0, 0.05) is 4.47 Å². The van der Waals surface area contributed by atoms with Gasteiger partial charge < -0.3 is 9.47 Å². The standard InChI is InChI=1S/C20H22Br2N2O4/c1-12(2)14-4-7-16(8-5-14)28-13(3)20(26)24-23-19(25)11-27-18-9-6-15(21)10-17(18)22/h4-10,12-13H,11H2,1-3H3,(H,23,25)(H,24,26). The Labute approximate surface area is 181 Å². The van der Waals surface area contributed by atoms with Crippen LogP contribution >= 0.6 is 31.9 Å². The lowest BCUT2D eigenvalue weighted by molar-refractivity contribution is -0.133.